The van der Waals surface area contributed by atoms with E-state index >= 15 is 0 Å². The van der Waals surface area contributed by atoms with Crippen molar-refractivity contribution in [1.82, 2.24) is 24.7 Å². The number of carbonyl (C=O) groups excluding carboxylic acids is 1. The normalized spacial score (nSPS) is 10.5. The van der Waals surface area contributed by atoms with E-state index in [9.17, 15) is 4.79 Å². The fourth-order valence-corrected chi connectivity index (χ4v) is 2.82. The number of hydrogen-bond donors (Lipinski definition) is 2. The van der Waals surface area contributed by atoms with E-state index in [1.807, 2.05) is 43.4 Å². The summed E-state index contributed by atoms with van der Waals surface area (Å²) < 4.78 is 1.76. The van der Waals surface area contributed by atoms with E-state index in [0.717, 1.165) is 28.2 Å². The molecule has 1 amide bonds. The van der Waals surface area contributed by atoms with Crippen LogP contribution in [-0.2, 0) is 11.8 Å². The summed E-state index contributed by atoms with van der Waals surface area (Å²) in [5, 5.41) is 9.96. The quantitative estimate of drug-likeness (QED) is 0.530. The highest BCUT2D eigenvalue weighted by Gasteiger charge is 2.06. The lowest BCUT2D eigenvalue weighted by molar-refractivity contribution is -0.114. The number of rotatable bonds is 6. The minimum Gasteiger partial charge on any atom is -0.375 e. The Morgan fingerprint density at radius 3 is 2.52 bits per heavy atom. The van der Waals surface area contributed by atoms with Gasteiger partial charge in [-0.25, -0.2) is 4.98 Å². The van der Waals surface area contributed by atoms with Crippen molar-refractivity contribution in [2.75, 3.05) is 17.2 Å². The summed E-state index contributed by atoms with van der Waals surface area (Å²) in [5.74, 6) is 0.302. The zero-order valence-electron chi connectivity index (χ0n) is 15.8. The van der Waals surface area contributed by atoms with Gasteiger partial charge in [0.15, 0.2) is 0 Å². The van der Waals surface area contributed by atoms with Crippen molar-refractivity contribution in [2.24, 2.45) is 7.05 Å². The lowest BCUT2D eigenvalue weighted by Crippen LogP contribution is -2.22. The Bertz CT molecular complexity index is 1090. The van der Waals surface area contributed by atoms with E-state index in [-0.39, 0.29) is 12.5 Å². The molecule has 4 aromatic rings. The minimum absolute atomic E-state index is 0.110. The molecule has 8 heteroatoms. The highest BCUT2D eigenvalue weighted by Crippen LogP contribution is 2.19. The molecule has 0 aromatic carbocycles. The smallest absolute Gasteiger partial charge is 0.244 e. The Balaban J connectivity index is 1.31. The van der Waals surface area contributed by atoms with Gasteiger partial charge in [-0.1, -0.05) is 6.07 Å². The van der Waals surface area contributed by atoms with Crippen molar-refractivity contribution in [3.05, 3.63) is 73.4 Å². The summed E-state index contributed by atoms with van der Waals surface area (Å²) >= 11 is 0. The number of pyridine rings is 3. The Hall–Kier alpha value is -4.07. The number of nitrogens with zero attached hydrogens (tertiary/aromatic N) is 5. The van der Waals surface area contributed by atoms with Crippen molar-refractivity contribution in [3.8, 4) is 22.5 Å². The van der Waals surface area contributed by atoms with Crippen LogP contribution in [0, 0.1) is 0 Å². The SMILES string of the molecule is Cn1nccc1-c1ccc(NCC(=O)Nc2ccc(-c3cccnc3)cn2)cn1. The van der Waals surface area contributed by atoms with Crippen LogP contribution in [0.2, 0.25) is 0 Å². The third-order valence-electron chi connectivity index (χ3n) is 4.33. The Morgan fingerprint density at radius 1 is 0.966 bits per heavy atom. The summed E-state index contributed by atoms with van der Waals surface area (Å²) in [7, 11) is 1.87. The highest BCUT2D eigenvalue weighted by atomic mass is 16.1. The minimum atomic E-state index is -0.192. The van der Waals surface area contributed by atoms with E-state index in [1.54, 1.807) is 41.7 Å². The van der Waals surface area contributed by atoms with Crippen LogP contribution < -0.4 is 10.6 Å². The number of hydrogen-bond acceptors (Lipinski definition) is 6. The van der Waals surface area contributed by atoms with Crippen LogP contribution in [0.5, 0.6) is 0 Å². The van der Waals surface area contributed by atoms with E-state index in [0.29, 0.717) is 5.82 Å². The second-order valence-electron chi connectivity index (χ2n) is 6.35. The summed E-state index contributed by atoms with van der Waals surface area (Å²) in [4.78, 5) is 25.0. The molecule has 0 unspecified atom stereocenters. The van der Waals surface area contributed by atoms with Crippen molar-refractivity contribution in [1.29, 1.82) is 0 Å². The maximum absolute atomic E-state index is 12.2. The Morgan fingerprint density at radius 2 is 1.86 bits per heavy atom. The molecule has 29 heavy (non-hydrogen) atoms. The first-order valence-electron chi connectivity index (χ1n) is 9.04. The Kier molecular flexibility index (Phi) is 5.24. The molecular formula is C21H19N7O. The first-order chi connectivity index (χ1) is 14.2. The summed E-state index contributed by atoms with van der Waals surface area (Å²) in [5.41, 5.74) is 4.41. The number of aryl methyl sites for hydroxylation is 1. The maximum Gasteiger partial charge on any atom is 0.244 e. The van der Waals surface area contributed by atoms with Gasteiger partial charge in [0, 0.05) is 43.0 Å². The number of aromatic nitrogens is 5. The standard InChI is InChI=1S/C21H19N7O/c1-28-19(8-10-26-28)18-6-5-17(13-24-18)23-14-21(29)27-20-7-4-16(12-25-20)15-3-2-9-22-11-15/h2-13,23H,14H2,1H3,(H,25,27,29). The largest absolute Gasteiger partial charge is 0.375 e. The molecule has 0 spiro atoms. The molecule has 4 heterocycles. The van der Waals surface area contributed by atoms with Crippen LogP contribution >= 0.6 is 0 Å². The third-order valence-corrected chi connectivity index (χ3v) is 4.33. The molecule has 0 aliphatic carbocycles. The van der Waals surface area contributed by atoms with Gasteiger partial charge in [0.1, 0.15) is 5.82 Å². The van der Waals surface area contributed by atoms with Crippen LogP contribution in [0.4, 0.5) is 11.5 Å². The van der Waals surface area contributed by atoms with Crippen LogP contribution in [0.3, 0.4) is 0 Å². The summed E-state index contributed by atoms with van der Waals surface area (Å²) in [6.07, 6.45) is 8.62. The average molecular weight is 385 g/mol. The fourth-order valence-electron chi connectivity index (χ4n) is 2.82. The molecule has 0 fully saturated rings. The zero-order chi connectivity index (χ0) is 20.1. The fraction of sp³-hybridized carbons (Fsp3) is 0.0952. The molecule has 0 aliphatic heterocycles. The van der Waals surface area contributed by atoms with Crippen LogP contribution in [-0.4, -0.2) is 37.2 Å². The predicted molar refractivity (Wildman–Crippen MR) is 111 cm³/mol. The van der Waals surface area contributed by atoms with Crippen molar-refractivity contribution < 1.29 is 4.79 Å². The maximum atomic E-state index is 12.2. The van der Waals surface area contributed by atoms with Crippen LogP contribution in [0.1, 0.15) is 0 Å². The molecule has 4 aromatic heterocycles. The van der Waals surface area contributed by atoms with Gasteiger partial charge >= 0.3 is 0 Å². The van der Waals surface area contributed by atoms with Crippen molar-refractivity contribution >= 4 is 17.4 Å². The summed E-state index contributed by atoms with van der Waals surface area (Å²) in [6.45, 7) is 0.110. The van der Waals surface area contributed by atoms with E-state index in [1.165, 1.54) is 0 Å². The number of anilines is 2. The predicted octanol–water partition coefficient (Wildman–Crippen LogP) is 2.99. The molecular weight excluding hydrogens is 366 g/mol. The monoisotopic (exact) mass is 385 g/mol. The third kappa shape index (κ3) is 4.44. The molecule has 0 aliphatic rings. The van der Waals surface area contributed by atoms with Crippen LogP contribution in [0.15, 0.2) is 73.4 Å². The molecule has 0 saturated carbocycles. The molecule has 144 valence electrons. The molecule has 4 rings (SSSR count). The lowest BCUT2D eigenvalue weighted by Gasteiger charge is -2.08. The van der Waals surface area contributed by atoms with Gasteiger partial charge in [-0.15, -0.1) is 0 Å². The van der Waals surface area contributed by atoms with Gasteiger partial charge in [0.2, 0.25) is 5.91 Å². The van der Waals surface area contributed by atoms with Crippen molar-refractivity contribution in [3.63, 3.8) is 0 Å². The van der Waals surface area contributed by atoms with Gasteiger partial charge in [-0.05, 0) is 36.4 Å². The van der Waals surface area contributed by atoms with Gasteiger partial charge in [-0.3, -0.25) is 19.4 Å². The first kappa shape index (κ1) is 18.3. The van der Waals surface area contributed by atoms with E-state index in [2.05, 4.69) is 30.7 Å². The first-order valence-corrected chi connectivity index (χ1v) is 9.04. The Labute approximate surface area is 167 Å². The van der Waals surface area contributed by atoms with E-state index < -0.39 is 0 Å². The topological polar surface area (TPSA) is 97.6 Å². The molecule has 0 radical (unpaired) electrons. The lowest BCUT2D eigenvalue weighted by atomic mass is 10.1. The van der Waals surface area contributed by atoms with Gasteiger partial charge in [0.25, 0.3) is 0 Å². The molecule has 2 N–H and O–H groups in total. The zero-order valence-corrected chi connectivity index (χ0v) is 15.8. The van der Waals surface area contributed by atoms with Gasteiger partial charge in [-0.2, -0.15) is 5.10 Å². The average Bonchev–Trinajstić information content (AvgIpc) is 3.20. The number of nitrogens with one attached hydrogen (secondary N) is 2. The van der Waals surface area contributed by atoms with E-state index in [4.69, 9.17) is 0 Å². The number of amides is 1. The molecule has 0 atom stereocenters. The highest BCUT2D eigenvalue weighted by molar-refractivity contribution is 5.93. The van der Waals surface area contributed by atoms with Crippen LogP contribution in [0.25, 0.3) is 22.5 Å². The summed E-state index contributed by atoms with van der Waals surface area (Å²) in [6, 6.07) is 13.2. The molecule has 0 saturated heterocycles. The molecule has 8 nitrogen and oxygen atoms in total. The van der Waals surface area contributed by atoms with Gasteiger partial charge in [0.05, 0.1) is 29.8 Å². The van der Waals surface area contributed by atoms with Gasteiger partial charge < -0.3 is 10.6 Å². The number of carbonyl (C=O) groups is 1. The van der Waals surface area contributed by atoms with Crippen molar-refractivity contribution in [2.45, 2.75) is 0 Å². The second kappa shape index (κ2) is 8.30. The second-order valence-corrected chi connectivity index (χ2v) is 6.35. The molecule has 0 bridgehead atoms.